The molecule has 2 heterocycles. The van der Waals surface area contributed by atoms with Crippen molar-refractivity contribution < 1.29 is 4.52 Å². The molecule has 3 rings (SSSR count). The highest BCUT2D eigenvalue weighted by atomic mass is 16.5. The molecule has 0 amide bonds. The maximum Gasteiger partial charge on any atom is 0.230 e. The van der Waals surface area contributed by atoms with Crippen LogP contribution in [0.1, 0.15) is 5.56 Å². The van der Waals surface area contributed by atoms with E-state index in [2.05, 4.69) is 16.3 Å². The Morgan fingerprint density at radius 2 is 2.11 bits per heavy atom. The highest BCUT2D eigenvalue weighted by Gasteiger charge is 2.19. The third-order valence-corrected chi connectivity index (χ3v) is 2.98. The molecule has 0 spiro atoms. The predicted octanol–water partition coefficient (Wildman–Crippen LogP) is 2.63. The van der Waals surface area contributed by atoms with Gasteiger partial charge in [-0.1, -0.05) is 35.0 Å². The Balaban J connectivity index is 2.19. The fourth-order valence-corrected chi connectivity index (χ4v) is 2.10. The minimum Gasteiger partial charge on any atom is -0.367 e. The van der Waals surface area contributed by atoms with Gasteiger partial charge in [0.25, 0.3) is 0 Å². The van der Waals surface area contributed by atoms with E-state index >= 15 is 0 Å². The molecule has 2 N–H and O–H groups in total. The molecule has 3 aromatic rings. The van der Waals surface area contributed by atoms with Gasteiger partial charge in [0.15, 0.2) is 0 Å². The topological polar surface area (TPSA) is 69.9 Å². The third-order valence-electron chi connectivity index (χ3n) is 2.98. The Bertz CT molecular complexity index is 727. The van der Waals surface area contributed by atoms with Crippen LogP contribution in [0.5, 0.6) is 0 Å². The van der Waals surface area contributed by atoms with Gasteiger partial charge in [-0.05, 0) is 18.6 Å². The Morgan fingerprint density at radius 3 is 2.79 bits per heavy atom. The van der Waals surface area contributed by atoms with Gasteiger partial charge in [0.05, 0.1) is 5.56 Å². The van der Waals surface area contributed by atoms with Gasteiger partial charge < -0.3 is 10.3 Å². The highest BCUT2D eigenvalue weighted by Crippen LogP contribution is 2.35. The molecule has 96 valence electrons. The predicted molar refractivity (Wildman–Crippen MR) is 73.3 cm³/mol. The monoisotopic (exact) mass is 254 g/mol. The zero-order chi connectivity index (χ0) is 13.4. The van der Waals surface area contributed by atoms with E-state index in [1.807, 2.05) is 44.4 Å². The fraction of sp³-hybridized carbons (Fsp3) is 0.143. The molecule has 19 heavy (non-hydrogen) atoms. The standard InChI is InChI=1S/C14H14N4O/c1-9-4-3-5-10(8-9)12-13(17-19-14(12)15)11-6-7-18(2)16-11/h3-8H,15H2,1-2H3. The number of aromatic nitrogens is 3. The van der Waals surface area contributed by atoms with Crippen LogP contribution in [0, 0.1) is 6.92 Å². The number of hydrogen-bond donors (Lipinski definition) is 1. The van der Waals surface area contributed by atoms with Crippen LogP contribution in [0.15, 0.2) is 41.1 Å². The number of hydrogen-bond acceptors (Lipinski definition) is 4. The molecule has 0 aliphatic carbocycles. The van der Waals surface area contributed by atoms with Gasteiger partial charge in [-0.25, -0.2) is 0 Å². The molecule has 0 fully saturated rings. The Kier molecular flexibility index (Phi) is 2.59. The highest BCUT2D eigenvalue weighted by molar-refractivity contribution is 5.85. The minimum atomic E-state index is 0.311. The summed E-state index contributed by atoms with van der Waals surface area (Å²) in [7, 11) is 1.86. The second-order valence-corrected chi connectivity index (χ2v) is 4.51. The first-order chi connectivity index (χ1) is 9.15. The second kappa shape index (κ2) is 4.28. The van der Waals surface area contributed by atoms with Gasteiger partial charge in [-0.3, -0.25) is 4.68 Å². The molecule has 0 unspecified atom stereocenters. The van der Waals surface area contributed by atoms with Crippen LogP contribution in [0.4, 0.5) is 5.88 Å². The molecule has 5 nitrogen and oxygen atoms in total. The first-order valence-electron chi connectivity index (χ1n) is 5.97. The molecule has 2 aromatic heterocycles. The average Bonchev–Trinajstić information content (AvgIpc) is 2.95. The Hall–Kier alpha value is -2.56. The molecule has 1 aromatic carbocycles. The van der Waals surface area contributed by atoms with Crippen molar-refractivity contribution in [3.63, 3.8) is 0 Å². The number of nitrogens with two attached hydrogens (primary N) is 1. The minimum absolute atomic E-state index is 0.311. The van der Waals surface area contributed by atoms with Gasteiger partial charge in [-0.15, -0.1) is 0 Å². The lowest BCUT2D eigenvalue weighted by Gasteiger charge is -2.02. The summed E-state index contributed by atoms with van der Waals surface area (Å²) in [4.78, 5) is 0. The Morgan fingerprint density at radius 1 is 1.26 bits per heavy atom. The van der Waals surface area contributed by atoms with E-state index in [4.69, 9.17) is 10.3 Å². The summed E-state index contributed by atoms with van der Waals surface area (Å²) in [5, 5.41) is 8.37. The van der Waals surface area contributed by atoms with E-state index in [1.165, 1.54) is 0 Å². The summed E-state index contributed by atoms with van der Waals surface area (Å²) in [5.41, 5.74) is 10.3. The summed E-state index contributed by atoms with van der Waals surface area (Å²) >= 11 is 0. The zero-order valence-electron chi connectivity index (χ0n) is 10.8. The maximum absolute atomic E-state index is 5.90. The summed E-state index contributed by atoms with van der Waals surface area (Å²) in [6, 6.07) is 9.95. The molecular formula is C14H14N4O. The largest absolute Gasteiger partial charge is 0.367 e. The molecule has 0 saturated carbocycles. The van der Waals surface area contributed by atoms with Gasteiger partial charge in [-0.2, -0.15) is 5.10 Å². The average molecular weight is 254 g/mol. The quantitative estimate of drug-likeness (QED) is 0.763. The van der Waals surface area contributed by atoms with E-state index in [0.717, 1.165) is 22.4 Å². The zero-order valence-corrected chi connectivity index (χ0v) is 10.8. The van der Waals surface area contributed by atoms with Crippen LogP contribution in [0.2, 0.25) is 0 Å². The van der Waals surface area contributed by atoms with Gasteiger partial charge >= 0.3 is 0 Å². The SMILES string of the molecule is Cc1cccc(-c2c(-c3ccn(C)n3)noc2N)c1. The van der Waals surface area contributed by atoms with E-state index < -0.39 is 0 Å². The summed E-state index contributed by atoms with van der Waals surface area (Å²) < 4.78 is 6.85. The van der Waals surface area contributed by atoms with Crippen LogP contribution < -0.4 is 5.73 Å². The number of anilines is 1. The number of benzene rings is 1. The van der Waals surface area contributed by atoms with Gasteiger partial charge in [0, 0.05) is 13.2 Å². The summed E-state index contributed by atoms with van der Waals surface area (Å²) in [6.45, 7) is 2.04. The van der Waals surface area contributed by atoms with Crippen molar-refractivity contribution in [1.29, 1.82) is 0 Å². The number of aryl methyl sites for hydroxylation is 2. The van der Waals surface area contributed by atoms with Crippen molar-refractivity contribution in [2.45, 2.75) is 6.92 Å². The van der Waals surface area contributed by atoms with Crippen LogP contribution in [0.3, 0.4) is 0 Å². The van der Waals surface area contributed by atoms with Crippen molar-refractivity contribution in [2.24, 2.45) is 7.05 Å². The molecule has 0 aliphatic rings. The van der Waals surface area contributed by atoms with E-state index in [9.17, 15) is 0 Å². The maximum atomic E-state index is 5.90. The van der Waals surface area contributed by atoms with Gasteiger partial charge in [0.1, 0.15) is 11.4 Å². The fourth-order valence-electron chi connectivity index (χ4n) is 2.10. The van der Waals surface area contributed by atoms with Crippen LogP contribution >= 0.6 is 0 Å². The molecule has 0 radical (unpaired) electrons. The van der Waals surface area contributed by atoms with Crippen molar-refractivity contribution in [1.82, 2.24) is 14.9 Å². The lowest BCUT2D eigenvalue weighted by Crippen LogP contribution is -1.91. The van der Waals surface area contributed by atoms with Crippen molar-refractivity contribution in [3.05, 3.63) is 42.1 Å². The lowest BCUT2D eigenvalue weighted by atomic mass is 10.0. The normalized spacial score (nSPS) is 10.8. The first kappa shape index (κ1) is 11.5. The molecule has 0 atom stereocenters. The lowest BCUT2D eigenvalue weighted by molar-refractivity contribution is 0.439. The number of rotatable bonds is 2. The summed E-state index contributed by atoms with van der Waals surface area (Å²) in [6.07, 6.45) is 1.86. The van der Waals surface area contributed by atoms with E-state index in [0.29, 0.717) is 11.6 Å². The summed E-state index contributed by atoms with van der Waals surface area (Å²) in [5.74, 6) is 0.311. The molecule has 0 aliphatic heterocycles. The van der Waals surface area contributed by atoms with Crippen LogP contribution in [-0.2, 0) is 7.05 Å². The van der Waals surface area contributed by atoms with Crippen molar-refractivity contribution in [3.8, 4) is 22.5 Å². The number of nitrogens with zero attached hydrogens (tertiary/aromatic N) is 3. The van der Waals surface area contributed by atoms with Gasteiger partial charge in [0.2, 0.25) is 5.88 Å². The third kappa shape index (κ3) is 1.99. The van der Waals surface area contributed by atoms with E-state index in [1.54, 1.807) is 4.68 Å². The van der Waals surface area contributed by atoms with E-state index in [-0.39, 0.29) is 0 Å². The molecule has 5 heteroatoms. The first-order valence-corrected chi connectivity index (χ1v) is 5.97. The number of nitrogen functional groups attached to an aromatic ring is 1. The molecular weight excluding hydrogens is 240 g/mol. The smallest absolute Gasteiger partial charge is 0.230 e. The van der Waals surface area contributed by atoms with Crippen LogP contribution in [0.25, 0.3) is 22.5 Å². The van der Waals surface area contributed by atoms with Crippen molar-refractivity contribution >= 4 is 5.88 Å². The molecule has 0 bridgehead atoms. The van der Waals surface area contributed by atoms with Crippen molar-refractivity contribution in [2.75, 3.05) is 5.73 Å². The second-order valence-electron chi connectivity index (χ2n) is 4.51. The Labute approximate surface area is 110 Å². The van der Waals surface area contributed by atoms with Crippen LogP contribution in [-0.4, -0.2) is 14.9 Å². The molecule has 0 saturated heterocycles.